The fourth-order valence-corrected chi connectivity index (χ4v) is 4.71. The zero-order chi connectivity index (χ0) is 19.8. The van der Waals surface area contributed by atoms with Crippen LogP contribution < -0.4 is 5.63 Å². The van der Waals surface area contributed by atoms with E-state index in [1.54, 1.807) is 47.2 Å². The molecule has 0 saturated carbocycles. The molecule has 6 nitrogen and oxygen atoms in total. The summed E-state index contributed by atoms with van der Waals surface area (Å²) in [5.41, 5.74) is 0.382. The first-order chi connectivity index (χ1) is 13.5. The van der Waals surface area contributed by atoms with E-state index in [0.717, 1.165) is 16.2 Å². The third kappa shape index (κ3) is 3.37. The minimum absolute atomic E-state index is 0.0898. The Balaban J connectivity index is 2.02. The second kappa shape index (κ2) is 7.72. The van der Waals surface area contributed by atoms with Crippen LogP contribution in [-0.2, 0) is 0 Å². The molecule has 28 heavy (non-hydrogen) atoms. The van der Waals surface area contributed by atoms with E-state index in [-0.39, 0.29) is 5.89 Å². The topological polar surface area (TPSA) is 84.7 Å². The first kappa shape index (κ1) is 19.2. The predicted molar refractivity (Wildman–Crippen MR) is 115 cm³/mol. The average Bonchev–Trinajstić information content (AvgIpc) is 3.06. The van der Waals surface area contributed by atoms with E-state index in [1.807, 2.05) is 5.40 Å². The van der Waals surface area contributed by atoms with Crippen LogP contribution in [-0.4, -0.2) is 14.5 Å². The molecule has 3 heterocycles. The van der Waals surface area contributed by atoms with E-state index in [1.165, 1.54) is 0 Å². The number of fused-ring (bicyclic) bond motifs is 1. The molecule has 0 saturated heterocycles. The van der Waals surface area contributed by atoms with Gasteiger partial charge in [0.15, 0.2) is 5.82 Å². The Labute approximate surface area is 184 Å². The molecule has 4 aromatic rings. The fraction of sp³-hybridized carbons (Fsp3) is 0. The lowest BCUT2D eigenvalue weighted by atomic mass is 10.2. The lowest BCUT2D eigenvalue weighted by Crippen LogP contribution is -2.07. The van der Waals surface area contributed by atoms with Crippen molar-refractivity contribution < 1.29 is 4.42 Å². The number of halogens is 3. The monoisotopic (exact) mass is 536 g/mol. The van der Waals surface area contributed by atoms with Crippen LogP contribution in [0.5, 0.6) is 0 Å². The van der Waals surface area contributed by atoms with Gasteiger partial charge >= 0.3 is 5.63 Å². The van der Waals surface area contributed by atoms with Gasteiger partial charge in [-0.05, 0) is 52.3 Å². The highest BCUT2D eigenvalue weighted by Gasteiger charge is 2.20. The van der Waals surface area contributed by atoms with E-state index < -0.39 is 5.63 Å². The number of hydrogen-bond donors (Lipinski definition) is 0. The van der Waals surface area contributed by atoms with Crippen LogP contribution in [0.15, 0.2) is 65.8 Å². The standard InChI is InChI=1S/C18H7Br2ClN4O2S/c19-9-6-10-15(11(20)7-9)24-17(27-18(10)26)13-3-4-14(28-8-22)25(13)16-12(21)2-1-5-23-16/h1-7H. The summed E-state index contributed by atoms with van der Waals surface area (Å²) >= 11 is 14.0. The van der Waals surface area contributed by atoms with Crippen molar-refractivity contribution in [1.29, 1.82) is 5.26 Å². The molecule has 0 aliphatic rings. The van der Waals surface area contributed by atoms with Crippen molar-refractivity contribution in [3.8, 4) is 22.8 Å². The molecule has 0 aliphatic heterocycles. The summed E-state index contributed by atoms with van der Waals surface area (Å²) in [6.45, 7) is 0. The number of thioether (sulfide) groups is 1. The van der Waals surface area contributed by atoms with Crippen LogP contribution in [0.2, 0.25) is 5.02 Å². The number of nitriles is 1. The van der Waals surface area contributed by atoms with Crippen molar-refractivity contribution in [1.82, 2.24) is 14.5 Å². The van der Waals surface area contributed by atoms with Gasteiger partial charge < -0.3 is 4.42 Å². The highest BCUT2D eigenvalue weighted by atomic mass is 79.9. The molecule has 0 aliphatic carbocycles. The Morgan fingerprint density at radius 3 is 2.82 bits per heavy atom. The Kier molecular flexibility index (Phi) is 5.29. The molecular formula is C18H7Br2ClN4O2S. The van der Waals surface area contributed by atoms with E-state index in [0.29, 0.717) is 36.9 Å². The molecule has 0 amide bonds. The summed E-state index contributed by atoms with van der Waals surface area (Å²) in [6, 6.07) is 10.3. The summed E-state index contributed by atoms with van der Waals surface area (Å²) in [5.74, 6) is 0.494. The maximum Gasteiger partial charge on any atom is 0.347 e. The van der Waals surface area contributed by atoms with Gasteiger partial charge in [0.1, 0.15) is 11.1 Å². The zero-order valence-electron chi connectivity index (χ0n) is 13.7. The first-order valence-corrected chi connectivity index (χ1v) is 10.5. The lowest BCUT2D eigenvalue weighted by Gasteiger charge is -2.11. The van der Waals surface area contributed by atoms with Gasteiger partial charge in [-0.25, -0.2) is 14.8 Å². The molecule has 4 rings (SSSR count). The smallest absolute Gasteiger partial charge is 0.347 e. The number of aromatic nitrogens is 3. The van der Waals surface area contributed by atoms with Crippen LogP contribution in [0, 0.1) is 10.7 Å². The van der Waals surface area contributed by atoms with Crippen LogP contribution >= 0.6 is 55.2 Å². The van der Waals surface area contributed by atoms with Gasteiger partial charge in [-0.15, -0.1) is 0 Å². The minimum atomic E-state index is -0.531. The maximum atomic E-state index is 12.6. The van der Waals surface area contributed by atoms with Crippen molar-refractivity contribution in [2.75, 3.05) is 0 Å². The quantitative estimate of drug-likeness (QED) is 0.242. The van der Waals surface area contributed by atoms with Crippen molar-refractivity contribution in [2.45, 2.75) is 5.03 Å². The summed E-state index contributed by atoms with van der Waals surface area (Å²) in [5, 5.41) is 12.5. The van der Waals surface area contributed by atoms with Crippen LogP contribution in [0.4, 0.5) is 0 Å². The number of nitrogens with zero attached hydrogens (tertiary/aromatic N) is 4. The Morgan fingerprint density at radius 1 is 1.25 bits per heavy atom. The van der Waals surface area contributed by atoms with Crippen molar-refractivity contribution in [3.05, 3.63) is 67.0 Å². The molecule has 0 N–H and O–H groups in total. The third-order valence-corrected chi connectivity index (χ3v) is 5.79. The second-order valence-corrected chi connectivity index (χ2v) is 8.47. The van der Waals surface area contributed by atoms with Crippen LogP contribution in [0.25, 0.3) is 28.3 Å². The van der Waals surface area contributed by atoms with E-state index >= 15 is 0 Å². The lowest BCUT2D eigenvalue weighted by molar-refractivity contribution is 0.514. The summed E-state index contributed by atoms with van der Waals surface area (Å²) in [7, 11) is 0. The first-order valence-electron chi connectivity index (χ1n) is 7.68. The van der Waals surface area contributed by atoms with Gasteiger partial charge in [0.05, 0.1) is 21.0 Å². The van der Waals surface area contributed by atoms with Crippen LogP contribution in [0.1, 0.15) is 0 Å². The number of thiocyanates is 1. The fourth-order valence-electron chi connectivity index (χ4n) is 2.68. The number of rotatable bonds is 3. The van der Waals surface area contributed by atoms with Gasteiger partial charge in [0.25, 0.3) is 0 Å². The molecule has 0 radical (unpaired) electrons. The van der Waals surface area contributed by atoms with Gasteiger partial charge in [-0.1, -0.05) is 27.5 Å². The number of pyridine rings is 1. The van der Waals surface area contributed by atoms with E-state index in [2.05, 4.69) is 41.8 Å². The Morgan fingerprint density at radius 2 is 2.07 bits per heavy atom. The molecule has 1 aromatic carbocycles. The van der Waals surface area contributed by atoms with E-state index in [9.17, 15) is 4.79 Å². The van der Waals surface area contributed by atoms with Gasteiger partial charge in [0, 0.05) is 26.9 Å². The molecule has 0 spiro atoms. The minimum Gasteiger partial charge on any atom is -0.401 e. The molecule has 10 heteroatoms. The zero-order valence-corrected chi connectivity index (χ0v) is 18.4. The molecule has 138 valence electrons. The van der Waals surface area contributed by atoms with E-state index in [4.69, 9.17) is 21.3 Å². The van der Waals surface area contributed by atoms with Gasteiger partial charge in [0.2, 0.25) is 5.89 Å². The Hall–Kier alpha value is -2.12. The normalized spacial score (nSPS) is 10.9. The van der Waals surface area contributed by atoms with Crippen LogP contribution in [0.3, 0.4) is 0 Å². The second-order valence-electron chi connectivity index (χ2n) is 5.48. The van der Waals surface area contributed by atoms with Gasteiger partial charge in [-0.2, -0.15) is 5.26 Å². The SMILES string of the molecule is N#CSc1ccc(-c2nc3c(Br)cc(Br)cc3c(=O)o2)n1-c1ncccc1Cl. The number of hydrogen-bond acceptors (Lipinski definition) is 6. The Bertz CT molecular complexity index is 1330. The van der Waals surface area contributed by atoms with Crippen molar-refractivity contribution >= 4 is 66.1 Å². The molecule has 3 aromatic heterocycles. The number of benzene rings is 1. The summed E-state index contributed by atoms with van der Waals surface area (Å²) in [4.78, 5) is 21.4. The summed E-state index contributed by atoms with van der Waals surface area (Å²) in [6.07, 6.45) is 1.59. The molecule has 0 bridgehead atoms. The molecule has 0 fully saturated rings. The van der Waals surface area contributed by atoms with Crippen molar-refractivity contribution in [2.24, 2.45) is 0 Å². The average molecular weight is 539 g/mol. The highest BCUT2D eigenvalue weighted by Crippen LogP contribution is 2.34. The maximum absolute atomic E-state index is 12.6. The predicted octanol–water partition coefficient (Wildman–Crippen LogP) is 5.79. The largest absolute Gasteiger partial charge is 0.401 e. The highest BCUT2D eigenvalue weighted by molar-refractivity contribution is 9.11. The van der Waals surface area contributed by atoms with Crippen molar-refractivity contribution in [3.63, 3.8) is 0 Å². The summed E-state index contributed by atoms with van der Waals surface area (Å²) < 4.78 is 8.50. The molecular weight excluding hydrogens is 532 g/mol. The molecule has 0 unspecified atom stereocenters. The molecule has 0 atom stereocenters. The third-order valence-electron chi connectivity index (χ3n) is 3.82. The van der Waals surface area contributed by atoms with Gasteiger partial charge in [-0.3, -0.25) is 4.57 Å².